The molecule has 2 fully saturated rings. The molecule has 0 aromatic heterocycles. The molecule has 0 radical (unpaired) electrons. The smallest absolute Gasteiger partial charge is 0.410 e. The van der Waals surface area contributed by atoms with Gasteiger partial charge in [0.05, 0.1) is 13.1 Å². The number of nitrogens with one attached hydrogen (secondary N) is 1. The number of fused-ring (bicyclic) bond motifs is 1. The van der Waals surface area contributed by atoms with Crippen molar-refractivity contribution in [1.29, 1.82) is 0 Å². The maximum atomic E-state index is 14.1. The number of hydrogen-bond acceptors (Lipinski definition) is 6. The first kappa shape index (κ1) is 27.7. The number of carbonyl (C=O) groups excluding carboxylic acids is 4. The third kappa shape index (κ3) is 6.36. The van der Waals surface area contributed by atoms with E-state index in [2.05, 4.69) is 5.32 Å². The number of halogens is 1. The molecule has 1 saturated carbocycles. The number of rotatable bonds is 5. The van der Waals surface area contributed by atoms with Crippen molar-refractivity contribution in [2.24, 2.45) is 11.7 Å². The summed E-state index contributed by atoms with van der Waals surface area (Å²) in [5.41, 5.74) is 6.06. The number of carbonyl (C=O) groups is 4. The first-order chi connectivity index (χ1) is 17.9. The van der Waals surface area contributed by atoms with Crippen LogP contribution in [-0.2, 0) is 32.2 Å². The highest BCUT2D eigenvalue weighted by Crippen LogP contribution is 2.31. The van der Waals surface area contributed by atoms with Crippen molar-refractivity contribution >= 4 is 24.0 Å². The number of nitrogens with two attached hydrogens (primary N) is 1. The van der Waals surface area contributed by atoms with Crippen molar-refractivity contribution < 1.29 is 33.0 Å². The van der Waals surface area contributed by atoms with E-state index in [4.69, 9.17) is 15.2 Å². The third-order valence-corrected chi connectivity index (χ3v) is 7.39. The second kappa shape index (κ2) is 11.2. The van der Waals surface area contributed by atoms with Crippen molar-refractivity contribution in [3.63, 3.8) is 0 Å². The molecule has 0 spiro atoms. The van der Waals surface area contributed by atoms with Gasteiger partial charge in [0.2, 0.25) is 11.8 Å². The van der Waals surface area contributed by atoms with Gasteiger partial charge in [-0.15, -0.1) is 0 Å². The van der Waals surface area contributed by atoms with Crippen molar-refractivity contribution in [2.75, 3.05) is 6.54 Å². The summed E-state index contributed by atoms with van der Waals surface area (Å²) in [5.74, 6) is -1.65. The Labute approximate surface area is 222 Å². The van der Waals surface area contributed by atoms with Gasteiger partial charge < -0.3 is 25.4 Å². The Balaban J connectivity index is 1.45. The molecule has 208 valence electrons. The van der Waals surface area contributed by atoms with Crippen LogP contribution >= 0.6 is 0 Å². The van der Waals surface area contributed by atoms with E-state index in [0.29, 0.717) is 11.1 Å². The third-order valence-electron chi connectivity index (χ3n) is 7.39. The van der Waals surface area contributed by atoms with Gasteiger partial charge in [0.1, 0.15) is 29.6 Å². The number of primary amides is 1. The predicted octanol–water partition coefficient (Wildman–Crippen LogP) is 3.21. The monoisotopic (exact) mass is 532 g/mol. The van der Waals surface area contributed by atoms with Crippen LogP contribution < -0.4 is 11.1 Å². The van der Waals surface area contributed by atoms with Crippen LogP contribution in [0.4, 0.5) is 14.0 Å². The average molecular weight is 533 g/mol. The standard InChI is InChI=1S/C27H37FN4O6/c1-27(2,3)38-25(35)30-22(16-8-5-4-6-9-16)24(34)32-14-18(12-21(32)23(29)33)37-26(36)31-13-17-10-7-11-20(28)19(17)15-31/h7,10-11,16,18,21-22H,4-6,8-9,12-15H2,1-3H3,(H2,29,33)(H,30,35)/t18-,21+,22+/m1/s1. The molecule has 4 amide bonds. The van der Waals surface area contributed by atoms with Crippen LogP contribution in [0.3, 0.4) is 0 Å². The molecule has 11 heteroatoms. The summed E-state index contributed by atoms with van der Waals surface area (Å²) in [6, 6.07) is 2.82. The van der Waals surface area contributed by atoms with Gasteiger partial charge in [-0.25, -0.2) is 14.0 Å². The molecule has 3 N–H and O–H groups in total. The molecule has 10 nitrogen and oxygen atoms in total. The largest absolute Gasteiger partial charge is 0.444 e. The molecule has 3 atom stereocenters. The van der Waals surface area contributed by atoms with Gasteiger partial charge in [0, 0.05) is 18.5 Å². The summed E-state index contributed by atoms with van der Waals surface area (Å²) in [6.45, 7) is 5.47. The summed E-state index contributed by atoms with van der Waals surface area (Å²) in [5, 5.41) is 2.74. The lowest BCUT2D eigenvalue weighted by Gasteiger charge is -2.34. The fourth-order valence-electron chi connectivity index (χ4n) is 5.59. The molecule has 1 aliphatic carbocycles. The number of nitrogens with zero attached hydrogens (tertiary/aromatic N) is 2. The second-order valence-corrected chi connectivity index (χ2v) is 11.4. The molecule has 0 bridgehead atoms. The Hall–Kier alpha value is -3.37. The average Bonchev–Trinajstić information content (AvgIpc) is 3.47. The molecule has 1 saturated heterocycles. The van der Waals surface area contributed by atoms with Gasteiger partial charge >= 0.3 is 12.2 Å². The second-order valence-electron chi connectivity index (χ2n) is 11.4. The van der Waals surface area contributed by atoms with Crippen molar-refractivity contribution in [1.82, 2.24) is 15.1 Å². The van der Waals surface area contributed by atoms with Gasteiger partial charge in [0.15, 0.2) is 0 Å². The number of amides is 4. The molecule has 4 rings (SSSR count). The molecule has 1 aromatic rings. The Bertz CT molecular complexity index is 1080. The minimum Gasteiger partial charge on any atom is -0.444 e. The Kier molecular flexibility index (Phi) is 8.13. The first-order valence-corrected chi connectivity index (χ1v) is 13.2. The molecular weight excluding hydrogens is 495 g/mol. The summed E-state index contributed by atoms with van der Waals surface area (Å²) < 4.78 is 25.2. The number of alkyl carbamates (subject to hydrolysis) is 1. The molecule has 2 heterocycles. The highest BCUT2D eigenvalue weighted by Gasteiger charge is 2.45. The van der Waals surface area contributed by atoms with E-state index in [1.54, 1.807) is 32.9 Å². The van der Waals surface area contributed by atoms with Gasteiger partial charge in [-0.3, -0.25) is 14.5 Å². The topological polar surface area (TPSA) is 131 Å². The number of ether oxygens (including phenoxy) is 2. The maximum Gasteiger partial charge on any atom is 0.410 e. The zero-order valence-corrected chi connectivity index (χ0v) is 22.2. The minimum atomic E-state index is -0.986. The molecule has 2 aliphatic heterocycles. The fraction of sp³-hybridized carbons (Fsp3) is 0.630. The van der Waals surface area contributed by atoms with Crippen LogP contribution in [0.1, 0.15) is 70.4 Å². The lowest BCUT2D eigenvalue weighted by Crippen LogP contribution is -2.56. The van der Waals surface area contributed by atoms with E-state index < -0.39 is 47.8 Å². The van der Waals surface area contributed by atoms with E-state index in [0.717, 1.165) is 32.1 Å². The molecular formula is C27H37FN4O6. The van der Waals surface area contributed by atoms with Crippen LogP contribution in [0, 0.1) is 11.7 Å². The van der Waals surface area contributed by atoms with Crippen LogP contribution in [0.15, 0.2) is 18.2 Å². The molecule has 0 unspecified atom stereocenters. The van der Waals surface area contributed by atoms with E-state index in [9.17, 15) is 23.6 Å². The van der Waals surface area contributed by atoms with E-state index >= 15 is 0 Å². The Morgan fingerprint density at radius 3 is 2.45 bits per heavy atom. The van der Waals surface area contributed by atoms with Gasteiger partial charge in [-0.1, -0.05) is 31.4 Å². The lowest BCUT2D eigenvalue weighted by atomic mass is 9.83. The van der Waals surface area contributed by atoms with Crippen LogP contribution in [0.25, 0.3) is 0 Å². The number of hydrogen-bond donors (Lipinski definition) is 2. The van der Waals surface area contributed by atoms with Crippen molar-refractivity contribution in [3.05, 3.63) is 35.1 Å². The van der Waals surface area contributed by atoms with Crippen LogP contribution in [-0.4, -0.2) is 64.1 Å². The normalized spacial score (nSPS) is 22.5. The zero-order chi connectivity index (χ0) is 27.6. The van der Waals surface area contributed by atoms with Gasteiger partial charge in [0.25, 0.3) is 0 Å². The minimum absolute atomic E-state index is 0.0352. The maximum absolute atomic E-state index is 14.1. The molecule has 3 aliphatic rings. The SMILES string of the molecule is CC(C)(C)OC(=O)N[C@H](C(=O)N1C[C@H](OC(=O)N2Cc3cccc(F)c3C2)C[C@H]1C(N)=O)C1CCCCC1. The lowest BCUT2D eigenvalue weighted by molar-refractivity contribution is -0.140. The van der Waals surface area contributed by atoms with Crippen LogP contribution in [0.2, 0.25) is 0 Å². The van der Waals surface area contributed by atoms with Crippen LogP contribution in [0.5, 0.6) is 0 Å². The van der Waals surface area contributed by atoms with Gasteiger partial charge in [-0.2, -0.15) is 0 Å². The molecule has 38 heavy (non-hydrogen) atoms. The zero-order valence-electron chi connectivity index (χ0n) is 22.2. The summed E-state index contributed by atoms with van der Waals surface area (Å²) in [4.78, 5) is 54.3. The Morgan fingerprint density at radius 1 is 1.11 bits per heavy atom. The Morgan fingerprint density at radius 2 is 1.82 bits per heavy atom. The highest BCUT2D eigenvalue weighted by atomic mass is 19.1. The molecule has 1 aromatic carbocycles. The number of benzene rings is 1. The van der Waals surface area contributed by atoms with Crippen molar-refractivity contribution in [3.8, 4) is 0 Å². The van der Waals surface area contributed by atoms with E-state index in [-0.39, 0.29) is 37.8 Å². The predicted molar refractivity (Wildman–Crippen MR) is 135 cm³/mol. The fourth-order valence-corrected chi connectivity index (χ4v) is 5.59. The summed E-state index contributed by atoms with van der Waals surface area (Å²) in [7, 11) is 0. The summed E-state index contributed by atoms with van der Waals surface area (Å²) in [6.07, 6.45) is 2.35. The van der Waals surface area contributed by atoms with E-state index in [1.165, 1.54) is 15.9 Å². The quantitative estimate of drug-likeness (QED) is 0.599. The summed E-state index contributed by atoms with van der Waals surface area (Å²) >= 11 is 0. The van der Waals surface area contributed by atoms with E-state index in [1.807, 2.05) is 0 Å². The highest BCUT2D eigenvalue weighted by molar-refractivity contribution is 5.91. The first-order valence-electron chi connectivity index (χ1n) is 13.2. The number of likely N-dealkylation sites (tertiary alicyclic amines) is 1. The van der Waals surface area contributed by atoms with Gasteiger partial charge in [-0.05, 0) is 51.2 Å². The van der Waals surface area contributed by atoms with Crippen molar-refractivity contribution in [2.45, 2.75) is 96.2 Å².